The summed E-state index contributed by atoms with van der Waals surface area (Å²) in [4.78, 5) is 11.7. The molecule has 0 aliphatic rings. The Morgan fingerprint density at radius 2 is 1.57 bits per heavy atom. The first-order valence-electron chi connectivity index (χ1n) is 5.93. The number of amides is 1. The minimum atomic E-state index is -0.829. The average molecular weight is 307 g/mol. The highest BCUT2D eigenvalue weighted by molar-refractivity contribution is 7.80. The van der Waals surface area contributed by atoms with E-state index < -0.39 is 17.5 Å². The lowest BCUT2D eigenvalue weighted by atomic mass is 10.2. The number of halogens is 2. The Morgan fingerprint density at radius 3 is 2.19 bits per heavy atom. The van der Waals surface area contributed by atoms with Crippen molar-refractivity contribution in [3.8, 4) is 0 Å². The van der Waals surface area contributed by atoms with Crippen LogP contribution in [0.1, 0.15) is 10.4 Å². The van der Waals surface area contributed by atoms with Crippen molar-refractivity contribution in [2.45, 2.75) is 0 Å². The Morgan fingerprint density at radius 1 is 0.952 bits per heavy atom. The van der Waals surface area contributed by atoms with Gasteiger partial charge < -0.3 is 5.32 Å². The topological polar surface area (TPSA) is 53.2 Å². The highest BCUT2D eigenvalue weighted by Crippen LogP contribution is 2.07. The molecule has 0 aliphatic carbocycles. The van der Waals surface area contributed by atoms with E-state index in [1.165, 1.54) is 0 Å². The van der Waals surface area contributed by atoms with Crippen LogP contribution in [0.5, 0.6) is 0 Å². The molecule has 21 heavy (non-hydrogen) atoms. The Bertz CT molecular complexity index is 644. The van der Waals surface area contributed by atoms with Gasteiger partial charge in [0.05, 0.1) is 0 Å². The number of hydrazine groups is 1. The van der Waals surface area contributed by atoms with Crippen molar-refractivity contribution in [1.29, 1.82) is 0 Å². The average Bonchev–Trinajstić information content (AvgIpc) is 2.45. The molecular weight excluding hydrogens is 296 g/mol. The van der Waals surface area contributed by atoms with Crippen LogP contribution in [0.2, 0.25) is 0 Å². The molecule has 0 aliphatic heterocycles. The third-order valence-corrected chi connectivity index (χ3v) is 2.65. The van der Waals surface area contributed by atoms with Gasteiger partial charge in [-0.15, -0.1) is 0 Å². The number of carbonyl (C=O) groups excluding carboxylic acids is 1. The fraction of sp³-hybridized carbons (Fsp3) is 0. The highest BCUT2D eigenvalue weighted by Gasteiger charge is 2.09. The van der Waals surface area contributed by atoms with Crippen molar-refractivity contribution in [3.05, 3.63) is 65.7 Å². The van der Waals surface area contributed by atoms with Gasteiger partial charge in [-0.3, -0.25) is 15.6 Å². The maximum absolute atomic E-state index is 13.0. The molecule has 2 aromatic carbocycles. The molecule has 0 fully saturated rings. The van der Waals surface area contributed by atoms with E-state index in [2.05, 4.69) is 16.2 Å². The smallest absolute Gasteiger partial charge is 0.269 e. The first-order chi connectivity index (χ1) is 10.0. The monoisotopic (exact) mass is 307 g/mol. The second-order valence-electron chi connectivity index (χ2n) is 4.06. The predicted molar refractivity (Wildman–Crippen MR) is 79.6 cm³/mol. The molecule has 0 spiro atoms. The van der Waals surface area contributed by atoms with Gasteiger partial charge in [0.2, 0.25) is 0 Å². The molecule has 0 radical (unpaired) electrons. The maximum atomic E-state index is 13.0. The fourth-order valence-corrected chi connectivity index (χ4v) is 1.72. The van der Waals surface area contributed by atoms with Crippen molar-refractivity contribution >= 4 is 28.9 Å². The Kier molecular flexibility index (Phi) is 4.78. The second-order valence-corrected chi connectivity index (χ2v) is 4.47. The maximum Gasteiger partial charge on any atom is 0.269 e. The van der Waals surface area contributed by atoms with E-state index in [1.54, 1.807) is 12.1 Å². The zero-order chi connectivity index (χ0) is 15.2. The van der Waals surface area contributed by atoms with Gasteiger partial charge in [0.1, 0.15) is 11.6 Å². The summed E-state index contributed by atoms with van der Waals surface area (Å²) in [7, 11) is 0. The van der Waals surface area contributed by atoms with Crippen molar-refractivity contribution in [2.75, 3.05) is 5.32 Å². The van der Waals surface area contributed by atoms with Crippen molar-refractivity contribution < 1.29 is 13.6 Å². The highest BCUT2D eigenvalue weighted by atomic mass is 32.1. The number of para-hydroxylation sites is 1. The molecular formula is C14H11F2N3OS. The fourth-order valence-electron chi connectivity index (χ4n) is 1.55. The second kappa shape index (κ2) is 6.76. The van der Waals surface area contributed by atoms with E-state index >= 15 is 0 Å². The summed E-state index contributed by atoms with van der Waals surface area (Å²) in [6, 6.07) is 11.6. The Hall–Kier alpha value is -2.54. The molecule has 4 nitrogen and oxygen atoms in total. The number of carbonyl (C=O) groups is 1. The van der Waals surface area contributed by atoms with E-state index in [0.717, 1.165) is 17.8 Å². The molecule has 0 bridgehead atoms. The summed E-state index contributed by atoms with van der Waals surface area (Å²) in [5.74, 6) is -2.36. The molecule has 0 unspecified atom stereocenters. The summed E-state index contributed by atoms with van der Waals surface area (Å²) in [6.07, 6.45) is 0. The standard InChI is InChI=1S/C14H11F2N3OS/c15-10-6-9(7-11(16)8-10)13(20)18-19-14(21)17-12-4-2-1-3-5-12/h1-8H,(H,18,20)(H2,17,19,21). The molecule has 7 heteroatoms. The molecule has 0 saturated carbocycles. The minimum Gasteiger partial charge on any atom is -0.331 e. The van der Waals surface area contributed by atoms with Gasteiger partial charge in [-0.1, -0.05) is 18.2 Å². The Labute approximate surface area is 125 Å². The zero-order valence-electron chi connectivity index (χ0n) is 10.7. The van der Waals surface area contributed by atoms with Gasteiger partial charge in [-0.05, 0) is 36.5 Å². The number of thiocarbonyl (C=S) groups is 1. The van der Waals surface area contributed by atoms with E-state index in [0.29, 0.717) is 6.07 Å². The van der Waals surface area contributed by atoms with Gasteiger partial charge >= 0.3 is 0 Å². The largest absolute Gasteiger partial charge is 0.331 e. The van der Waals surface area contributed by atoms with Gasteiger partial charge in [0, 0.05) is 17.3 Å². The van der Waals surface area contributed by atoms with Crippen molar-refractivity contribution in [2.24, 2.45) is 0 Å². The molecule has 2 rings (SSSR count). The van der Waals surface area contributed by atoms with E-state index in [1.807, 2.05) is 18.2 Å². The number of benzene rings is 2. The van der Waals surface area contributed by atoms with Crippen molar-refractivity contribution in [3.63, 3.8) is 0 Å². The van der Waals surface area contributed by atoms with Crippen LogP contribution in [0.4, 0.5) is 14.5 Å². The number of hydrogen-bond acceptors (Lipinski definition) is 2. The van der Waals surface area contributed by atoms with Crippen LogP contribution >= 0.6 is 12.2 Å². The third kappa shape index (κ3) is 4.50. The third-order valence-electron chi connectivity index (χ3n) is 2.45. The summed E-state index contributed by atoms with van der Waals surface area (Å²) in [5, 5.41) is 2.97. The van der Waals surface area contributed by atoms with E-state index in [9.17, 15) is 13.6 Å². The van der Waals surface area contributed by atoms with Crippen LogP contribution < -0.4 is 16.2 Å². The van der Waals surface area contributed by atoms with Gasteiger partial charge in [-0.25, -0.2) is 8.78 Å². The van der Waals surface area contributed by atoms with Crippen LogP contribution in [0, 0.1) is 11.6 Å². The summed E-state index contributed by atoms with van der Waals surface area (Å²) < 4.78 is 26.0. The Balaban J connectivity index is 1.90. The number of anilines is 1. The number of rotatable bonds is 2. The van der Waals surface area contributed by atoms with Crippen LogP contribution in [-0.4, -0.2) is 11.0 Å². The van der Waals surface area contributed by atoms with E-state index in [4.69, 9.17) is 12.2 Å². The van der Waals surface area contributed by atoms with Gasteiger partial charge in [0.25, 0.3) is 5.91 Å². The van der Waals surface area contributed by atoms with Gasteiger partial charge in [-0.2, -0.15) is 0 Å². The lowest BCUT2D eigenvalue weighted by Gasteiger charge is -2.11. The first-order valence-corrected chi connectivity index (χ1v) is 6.34. The van der Waals surface area contributed by atoms with E-state index in [-0.39, 0.29) is 10.7 Å². The quantitative estimate of drug-likeness (QED) is 0.590. The van der Waals surface area contributed by atoms with Crippen LogP contribution in [0.15, 0.2) is 48.5 Å². The van der Waals surface area contributed by atoms with Crippen molar-refractivity contribution in [1.82, 2.24) is 10.9 Å². The molecule has 0 aromatic heterocycles. The summed E-state index contributed by atoms with van der Waals surface area (Å²) in [5.41, 5.74) is 5.28. The van der Waals surface area contributed by atoms with Gasteiger partial charge in [0.15, 0.2) is 5.11 Å². The zero-order valence-corrected chi connectivity index (χ0v) is 11.5. The lowest BCUT2D eigenvalue weighted by Crippen LogP contribution is -2.43. The minimum absolute atomic E-state index is 0.145. The lowest BCUT2D eigenvalue weighted by molar-refractivity contribution is 0.0943. The molecule has 3 N–H and O–H groups in total. The molecule has 108 valence electrons. The van der Waals surface area contributed by atoms with Crippen LogP contribution in [0.25, 0.3) is 0 Å². The summed E-state index contributed by atoms with van der Waals surface area (Å²) in [6.45, 7) is 0. The number of nitrogens with one attached hydrogen (secondary N) is 3. The molecule has 0 atom stereocenters. The molecule has 0 saturated heterocycles. The van der Waals surface area contributed by atoms with Crippen LogP contribution in [0.3, 0.4) is 0 Å². The molecule has 1 amide bonds. The normalized spacial score (nSPS) is 9.81. The first kappa shape index (κ1) is 14.9. The van der Waals surface area contributed by atoms with Crippen LogP contribution in [-0.2, 0) is 0 Å². The predicted octanol–water partition coefficient (Wildman–Crippen LogP) is 2.60. The molecule has 2 aromatic rings. The summed E-state index contributed by atoms with van der Waals surface area (Å²) >= 11 is 4.97. The SMILES string of the molecule is O=C(NNC(=S)Nc1ccccc1)c1cc(F)cc(F)c1. The number of hydrogen-bond donors (Lipinski definition) is 3. The molecule has 0 heterocycles.